The lowest BCUT2D eigenvalue weighted by atomic mass is 10.1. The van der Waals surface area contributed by atoms with Gasteiger partial charge in [0, 0.05) is 18.4 Å². The quantitative estimate of drug-likeness (QED) is 0.853. The number of hydrogen-bond donors (Lipinski definition) is 1. The summed E-state index contributed by atoms with van der Waals surface area (Å²) in [4.78, 5) is 14.9. The molecule has 1 aromatic carbocycles. The summed E-state index contributed by atoms with van der Waals surface area (Å²) in [7, 11) is -3.34. The molecule has 25 heavy (non-hydrogen) atoms. The highest BCUT2D eigenvalue weighted by atomic mass is 32.2. The van der Waals surface area contributed by atoms with Crippen molar-refractivity contribution in [3.8, 4) is 0 Å². The molecule has 0 aliphatic carbocycles. The highest BCUT2D eigenvalue weighted by Crippen LogP contribution is 2.25. The number of carbonyl (C=O) groups excluding carboxylic acids is 1. The Hall–Kier alpha value is -2.12. The van der Waals surface area contributed by atoms with Crippen LogP contribution in [0, 0.1) is 0 Å². The normalized spacial score (nSPS) is 16.7. The lowest BCUT2D eigenvalue weighted by Crippen LogP contribution is -2.36. The van der Waals surface area contributed by atoms with Crippen LogP contribution in [0.2, 0.25) is 0 Å². The first-order valence-electron chi connectivity index (χ1n) is 8.31. The molecule has 3 rings (SSSR count). The molecule has 1 atom stereocenters. The van der Waals surface area contributed by atoms with E-state index in [1.807, 2.05) is 12.1 Å². The van der Waals surface area contributed by atoms with E-state index < -0.39 is 9.84 Å². The molecule has 6 nitrogen and oxygen atoms in total. The van der Waals surface area contributed by atoms with E-state index in [2.05, 4.69) is 10.2 Å². The SMILES string of the molecule is CS(=O)(=O)c1cccc(C(=O)NCC(c2ccco2)N2CCCC2)c1. The van der Waals surface area contributed by atoms with E-state index in [9.17, 15) is 13.2 Å². The Balaban J connectivity index is 1.71. The van der Waals surface area contributed by atoms with Crippen molar-refractivity contribution in [1.82, 2.24) is 10.2 Å². The number of furan rings is 1. The number of nitrogens with zero attached hydrogens (tertiary/aromatic N) is 1. The predicted molar refractivity (Wildman–Crippen MR) is 94.1 cm³/mol. The van der Waals surface area contributed by atoms with E-state index in [0.29, 0.717) is 12.1 Å². The molecule has 0 spiro atoms. The van der Waals surface area contributed by atoms with Gasteiger partial charge in [-0.25, -0.2) is 8.42 Å². The third-order valence-electron chi connectivity index (χ3n) is 4.43. The molecule has 1 aromatic heterocycles. The number of rotatable bonds is 6. The van der Waals surface area contributed by atoms with Crippen LogP contribution in [-0.4, -0.2) is 45.1 Å². The fourth-order valence-electron chi connectivity index (χ4n) is 3.10. The molecule has 2 heterocycles. The largest absolute Gasteiger partial charge is 0.468 e. The van der Waals surface area contributed by atoms with Crippen molar-refractivity contribution in [2.24, 2.45) is 0 Å². The topological polar surface area (TPSA) is 79.6 Å². The molecule has 0 bridgehead atoms. The van der Waals surface area contributed by atoms with Gasteiger partial charge < -0.3 is 9.73 Å². The predicted octanol–water partition coefficient (Wildman–Crippen LogP) is 2.25. The highest BCUT2D eigenvalue weighted by Gasteiger charge is 2.26. The zero-order valence-corrected chi connectivity index (χ0v) is 15.0. The second-order valence-corrected chi connectivity index (χ2v) is 8.30. The van der Waals surface area contributed by atoms with Gasteiger partial charge in [-0.05, 0) is 56.3 Å². The molecular formula is C18H22N2O4S. The van der Waals surface area contributed by atoms with Gasteiger partial charge in [0.05, 0.1) is 17.2 Å². The monoisotopic (exact) mass is 362 g/mol. The first-order chi connectivity index (χ1) is 11.9. The number of benzene rings is 1. The van der Waals surface area contributed by atoms with Gasteiger partial charge in [0.25, 0.3) is 5.91 Å². The van der Waals surface area contributed by atoms with Crippen LogP contribution in [0.4, 0.5) is 0 Å². The van der Waals surface area contributed by atoms with E-state index in [4.69, 9.17) is 4.42 Å². The molecule has 1 saturated heterocycles. The molecule has 1 amide bonds. The Morgan fingerprint density at radius 3 is 2.64 bits per heavy atom. The molecule has 134 valence electrons. The number of nitrogens with one attached hydrogen (secondary N) is 1. The lowest BCUT2D eigenvalue weighted by molar-refractivity contribution is 0.0933. The van der Waals surface area contributed by atoms with Crippen LogP contribution in [-0.2, 0) is 9.84 Å². The maximum absolute atomic E-state index is 12.5. The minimum Gasteiger partial charge on any atom is -0.468 e. The van der Waals surface area contributed by atoms with Gasteiger partial charge in [-0.15, -0.1) is 0 Å². The average Bonchev–Trinajstić information content (AvgIpc) is 3.28. The van der Waals surface area contributed by atoms with E-state index >= 15 is 0 Å². The van der Waals surface area contributed by atoms with Crippen LogP contribution in [0.15, 0.2) is 52.0 Å². The Kier molecular flexibility index (Phi) is 5.24. The summed E-state index contributed by atoms with van der Waals surface area (Å²) in [6.07, 6.45) is 5.04. The second-order valence-electron chi connectivity index (χ2n) is 6.28. The van der Waals surface area contributed by atoms with E-state index in [-0.39, 0.29) is 16.8 Å². The van der Waals surface area contributed by atoms with Gasteiger partial charge in [0.2, 0.25) is 0 Å². The minimum atomic E-state index is -3.34. The summed E-state index contributed by atoms with van der Waals surface area (Å²) in [5.41, 5.74) is 0.336. The number of sulfone groups is 1. The van der Waals surface area contributed by atoms with Crippen LogP contribution < -0.4 is 5.32 Å². The maximum Gasteiger partial charge on any atom is 0.251 e. The summed E-state index contributed by atoms with van der Waals surface area (Å²) in [5, 5.41) is 2.91. The van der Waals surface area contributed by atoms with E-state index in [0.717, 1.165) is 37.9 Å². The van der Waals surface area contributed by atoms with E-state index in [1.54, 1.807) is 18.4 Å². The third kappa shape index (κ3) is 4.29. The molecule has 1 fully saturated rings. The van der Waals surface area contributed by atoms with Crippen molar-refractivity contribution in [2.75, 3.05) is 25.9 Å². The zero-order valence-electron chi connectivity index (χ0n) is 14.1. The number of hydrogen-bond acceptors (Lipinski definition) is 5. The van der Waals surface area contributed by atoms with Crippen LogP contribution in [0.1, 0.15) is 35.0 Å². The minimum absolute atomic E-state index is 0.0143. The van der Waals surface area contributed by atoms with Crippen molar-refractivity contribution in [1.29, 1.82) is 0 Å². The molecule has 1 N–H and O–H groups in total. The summed E-state index contributed by atoms with van der Waals surface area (Å²) >= 11 is 0. The second kappa shape index (κ2) is 7.41. The van der Waals surface area contributed by atoms with Crippen molar-refractivity contribution in [3.05, 3.63) is 54.0 Å². The van der Waals surface area contributed by atoms with Crippen LogP contribution in [0.25, 0.3) is 0 Å². The number of carbonyl (C=O) groups is 1. The van der Waals surface area contributed by atoms with Crippen molar-refractivity contribution in [2.45, 2.75) is 23.8 Å². The maximum atomic E-state index is 12.5. The first-order valence-corrected chi connectivity index (χ1v) is 10.2. The average molecular weight is 362 g/mol. The summed E-state index contributed by atoms with van der Waals surface area (Å²) in [6.45, 7) is 2.37. The van der Waals surface area contributed by atoms with Crippen molar-refractivity contribution in [3.63, 3.8) is 0 Å². The standard InChI is InChI=1S/C18H22N2O4S/c1-25(22,23)15-7-4-6-14(12-15)18(21)19-13-16(17-8-5-11-24-17)20-9-2-3-10-20/h4-8,11-12,16H,2-3,9-10,13H2,1H3,(H,19,21). The summed E-state index contributed by atoms with van der Waals surface area (Å²) in [5.74, 6) is 0.535. The molecule has 1 aliphatic heterocycles. The molecule has 2 aromatic rings. The van der Waals surface area contributed by atoms with Crippen LogP contribution in [0.3, 0.4) is 0 Å². The molecule has 0 saturated carbocycles. The Bertz CT molecular complexity index is 825. The fourth-order valence-corrected chi connectivity index (χ4v) is 3.77. The summed E-state index contributed by atoms with van der Waals surface area (Å²) < 4.78 is 28.8. The number of likely N-dealkylation sites (tertiary alicyclic amines) is 1. The van der Waals surface area contributed by atoms with Gasteiger partial charge in [0.1, 0.15) is 5.76 Å². The van der Waals surface area contributed by atoms with E-state index in [1.165, 1.54) is 12.1 Å². The first kappa shape index (κ1) is 17.7. The molecule has 0 radical (unpaired) electrons. The van der Waals surface area contributed by atoms with Gasteiger partial charge in [-0.1, -0.05) is 6.07 Å². The number of amides is 1. The van der Waals surface area contributed by atoms with Crippen LogP contribution in [0.5, 0.6) is 0 Å². The summed E-state index contributed by atoms with van der Waals surface area (Å²) in [6, 6.07) is 9.83. The smallest absolute Gasteiger partial charge is 0.251 e. The Morgan fingerprint density at radius 2 is 2.00 bits per heavy atom. The highest BCUT2D eigenvalue weighted by molar-refractivity contribution is 7.90. The van der Waals surface area contributed by atoms with Gasteiger partial charge in [0.15, 0.2) is 9.84 Å². The fraction of sp³-hybridized carbons (Fsp3) is 0.389. The van der Waals surface area contributed by atoms with Gasteiger partial charge in [-0.2, -0.15) is 0 Å². The third-order valence-corrected chi connectivity index (χ3v) is 5.54. The molecule has 1 unspecified atom stereocenters. The van der Waals surface area contributed by atoms with Gasteiger partial charge in [-0.3, -0.25) is 9.69 Å². The van der Waals surface area contributed by atoms with Gasteiger partial charge >= 0.3 is 0 Å². The zero-order chi connectivity index (χ0) is 17.9. The molecule has 7 heteroatoms. The van der Waals surface area contributed by atoms with Crippen molar-refractivity contribution < 1.29 is 17.6 Å². The molecular weight excluding hydrogens is 340 g/mol. The van der Waals surface area contributed by atoms with Crippen molar-refractivity contribution >= 4 is 15.7 Å². The Morgan fingerprint density at radius 1 is 1.24 bits per heavy atom. The lowest BCUT2D eigenvalue weighted by Gasteiger charge is -2.26. The molecule has 1 aliphatic rings. The Labute approximate surface area is 147 Å². The van der Waals surface area contributed by atoms with Crippen LogP contribution >= 0.6 is 0 Å².